The normalized spacial score (nSPS) is 15.5. The van der Waals surface area contributed by atoms with Crippen LogP contribution in [0.1, 0.15) is 24.8 Å². The zero-order valence-corrected chi connectivity index (χ0v) is 10.4. The van der Waals surface area contributed by atoms with Crippen LogP contribution in [0.5, 0.6) is 0 Å². The number of hydrogen-bond donors (Lipinski definition) is 3. The van der Waals surface area contributed by atoms with Gasteiger partial charge >= 0.3 is 0 Å². The second kappa shape index (κ2) is 5.27. The standard InChI is InChI=1S/C12H14ClN3O2/c13-9-4-3-8(12(14)16-18)6-10(9)15-11(17)5-7-1-2-7/h3-4,6-7,18H,1-2,5H2,(H2,14,16)(H,15,17). The lowest BCUT2D eigenvalue weighted by molar-refractivity contribution is -0.116. The molecule has 1 aliphatic rings. The monoisotopic (exact) mass is 267 g/mol. The third-order valence-electron chi connectivity index (χ3n) is 2.81. The molecule has 5 nitrogen and oxygen atoms in total. The summed E-state index contributed by atoms with van der Waals surface area (Å²) in [4.78, 5) is 11.7. The molecule has 1 aromatic carbocycles. The number of hydrogen-bond acceptors (Lipinski definition) is 3. The number of anilines is 1. The average Bonchev–Trinajstić information content (AvgIpc) is 3.14. The van der Waals surface area contributed by atoms with E-state index in [0.29, 0.717) is 28.6 Å². The fourth-order valence-electron chi connectivity index (χ4n) is 1.62. The van der Waals surface area contributed by atoms with Crippen LogP contribution in [0.2, 0.25) is 5.02 Å². The number of nitrogens with zero attached hydrogens (tertiary/aromatic N) is 1. The molecule has 1 saturated carbocycles. The van der Waals surface area contributed by atoms with E-state index in [1.165, 1.54) is 0 Å². The first kappa shape index (κ1) is 12.7. The van der Waals surface area contributed by atoms with Gasteiger partial charge in [-0.25, -0.2) is 0 Å². The Balaban J connectivity index is 2.12. The van der Waals surface area contributed by atoms with Gasteiger partial charge < -0.3 is 16.3 Å². The lowest BCUT2D eigenvalue weighted by Crippen LogP contribution is -2.15. The number of oxime groups is 1. The first-order chi connectivity index (χ1) is 8.60. The van der Waals surface area contributed by atoms with Crippen molar-refractivity contribution in [2.75, 3.05) is 5.32 Å². The highest BCUT2D eigenvalue weighted by molar-refractivity contribution is 6.33. The van der Waals surface area contributed by atoms with Crippen LogP contribution in [0.4, 0.5) is 5.69 Å². The number of carbonyl (C=O) groups is 1. The number of carbonyl (C=O) groups excluding carboxylic acids is 1. The molecule has 0 aliphatic heterocycles. The minimum absolute atomic E-state index is 0.0237. The van der Waals surface area contributed by atoms with E-state index in [0.717, 1.165) is 12.8 Å². The van der Waals surface area contributed by atoms with Crippen molar-refractivity contribution in [3.63, 3.8) is 0 Å². The van der Waals surface area contributed by atoms with Gasteiger partial charge in [-0.15, -0.1) is 0 Å². The average molecular weight is 268 g/mol. The maximum Gasteiger partial charge on any atom is 0.224 e. The molecule has 0 atom stereocenters. The first-order valence-electron chi connectivity index (χ1n) is 5.67. The summed E-state index contributed by atoms with van der Waals surface area (Å²) in [6, 6.07) is 4.80. The van der Waals surface area contributed by atoms with E-state index in [1.807, 2.05) is 0 Å². The van der Waals surface area contributed by atoms with Crippen LogP contribution >= 0.6 is 11.6 Å². The van der Waals surface area contributed by atoms with Gasteiger partial charge in [-0.2, -0.15) is 0 Å². The molecule has 6 heteroatoms. The third-order valence-corrected chi connectivity index (χ3v) is 3.14. The van der Waals surface area contributed by atoms with Crippen molar-refractivity contribution in [3.8, 4) is 0 Å². The fourth-order valence-corrected chi connectivity index (χ4v) is 1.79. The van der Waals surface area contributed by atoms with Crippen LogP contribution in [0.25, 0.3) is 0 Å². The van der Waals surface area contributed by atoms with Crippen LogP contribution in [-0.2, 0) is 4.79 Å². The van der Waals surface area contributed by atoms with Crippen molar-refractivity contribution < 1.29 is 10.0 Å². The van der Waals surface area contributed by atoms with Crippen molar-refractivity contribution in [3.05, 3.63) is 28.8 Å². The summed E-state index contributed by atoms with van der Waals surface area (Å²) in [6.07, 6.45) is 2.75. The second-order valence-corrected chi connectivity index (χ2v) is 4.78. The molecule has 0 bridgehead atoms. The summed E-state index contributed by atoms with van der Waals surface area (Å²) in [5, 5.41) is 14.7. The lowest BCUT2D eigenvalue weighted by Gasteiger charge is -2.08. The summed E-state index contributed by atoms with van der Waals surface area (Å²) >= 11 is 5.98. The molecule has 1 fully saturated rings. The summed E-state index contributed by atoms with van der Waals surface area (Å²) < 4.78 is 0. The highest BCUT2D eigenvalue weighted by Gasteiger charge is 2.24. The molecule has 2 rings (SSSR count). The van der Waals surface area contributed by atoms with Gasteiger partial charge in [0, 0.05) is 12.0 Å². The number of nitrogens with one attached hydrogen (secondary N) is 1. The lowest BCUT2D eigenvalue weighted by atomic mass is 10.1. The van der Waals surface area contributed by atoms with Crippen molar-refractivity contribution in [2.45, 2.75) is 19.3 Å². The molecule has 4 N–H and O–H groups in total. The van der Waals surface area contributed by atoms with Gasteiger partial charge in [-0.05, 0) is 37.0 Å². The Kier molecular flexibility index (Phi) is 3.72. The Morgan fingerprint density at radius 2 is 2.28 bits per heavy atom. The highest BCUT2D eigenvalue weighted by atomic mass is 35.5. The van der Waals surface area contributed by atoms with Gasteiger partial charge in [0.1, 0.15) is 0 Å². The van der Waals surface area contributed by atoms with Crippen LogP contribution in [0.3, 0.4) is 0 Å². The SMILES string of the molecule is NC(=NO)c1ccc(Cl)c(NC(=O)CC2CC2)c1. The maximum absolute atomic E-state index is 11.7. The molecular weight excluding hydrogens is 254 g/mol. The largest absolute Gasteiger partial charge is 0.409 e. The predicted octanol–water partition coefficient (Wildman–Crippen LogP) is 2.17. The number of amides is 1. The minimum atomic E-state index is -0.0592. The van der Waals surface area contributed by atoms with E-state index < -0.39 is 0 Å². The van der Waals surface area contributed by atoms with Crippen LogP contribution < -0.4 is 11.1 Å². The van der Waals surface area contributed by atoms with Crippen molar-refractivity contribution >= 4 is 29.0 Å². The molecule has 96 valence electrons. The molecule has 0 unspecified atom stereocenters. The topological polar surface area (TPSA) is 87.7 Å². The quantitative estimate of drug-likeness (QED) is 0.338. The van der Waals surface area contributed by atoms with E-state index in [1.54, 1.807) is 18.2 Å². The molecule has 0 radical (unpaired) electrons. The number of benzene rings is 1. The molecule has 1 aliphatic carbocycles. The zero-order valence-electron chi connectivity index (χ0n) is 9.69. The number of nitrogens with two attached hydrogens (primary N) is 1. The van der Waals surface area contributed by atoms with E-state index in [2.05, 4.69) is 10.5 Å². The van der Waals surface area contributed by atoms with Crippen LogP contribution in [0.15, 0.2) is 23.4 Å². The van der Waals surface area contributed by atoms with Gasteiger partial charge in [0.25, 0.3) is 0 Å². The number of rotatable bonds is 4. The van der Waals surface area contributed by atoms with E-state index in [4.69, 9.17) is 22.5 Å². The predicted molar refractivity (Wildman–Crippen MR) is 69.9 cm³/mol. The Hall–Kier alpha value is -1.75. The molecule has 0 saturated heterocycles. The van der Waals surface area contributed by atoms with Gasteiger partial charge in [-0.1, -0.05) is 16.8 Å². The highest BCUT2D eigenvalue weighted by Crippen LogP contribution is 2.33. The third kappa shape index (κ3) is 3.13. The summed E-state index contributed by atoms with van der Waals surface area (Å²) in [6.45, 7) is 0. The fraction of sp³-hybridized carbons (Fsp3) is 0.333. The van der Waals surface area contributed by atoms with E-state index in [9.17, 15) is 4.79 Å². The number of halogens is 1. The number of amidine groups is 1. The minimum Gasteiger partial charge on any atom is -0.409 e. The van der Waals surface area contributed by atoms with Gasteiger partial charge in [0.2, 0.25) is 5.91 Å². The summed E-state index contributed by atoms with van der Waals surface area (Å²) in [5.41, 5.74) is 6.46. The molecule has 18 heavy (non-hydrogen) atoms. The van der Waals surface area contributed by atoms with Crippen molar-refractivity contribution in [1.82, 2.24) is 0 Å². The van der Waals surface area contributed by atoms with Gasteiger partial charge in [-0.3, -0.25) is 4.79 Å². The second-order valence-electron chi connectivity index (χ2n) is 4.38. The molecular formula is C12H14ClN3O2. The molecule has 1 aromatic rings. The molecule has 0 spiro atoms. The Labute approximate surface area is 110 Å². The van der Waals surface area contributed by atoms with Crippen molar-refractivity contribution in [2.24, 2.45) is 16.8 Å². The Bertz CT molecular complexity index is 498. The molecule has 0 aromatic heterocycles. The smallest absolute Gasteiger partial charge is 0.224 e. The Morgan fingerprint density at radius 3 is 2.89 bits per heavy atom. The molecule has 0 heterocycles. The first-order valence-corrected chi connectivity index (χ1v) is 6.05. The molecule has 1 amide bonds. The maximum atomic E-state index is 11.7. The summed E-state index contributed by atoms with van der Waals surface area (Å²) in [7, 11) is 0. The van der Waals surface area contributed by atoms with Crippen molar-refractivity contribution in [1.29, 1.82) is 0 Å². The van der Waals surface area contributed by atoms with Crippen LogP contribution in [-0.4, -0.2) is 17.0 Å². The van der Waals surface area contributed by atoms with E-state index in [-0.39, 0.29) is 11.7 Å². The zero-order chi connectivity index (χ0) is 13.1. The van der Waals surface area contributed by atoms with Gasteiger partial charge in [0.15, 0.2) is 5.84 Å². The van der Waals surface area contributed by atoms with Crippen LogP contribution in [0, 0.1) is 5.92 Å². The Morgan fingerprint density at radius 1 is 1.56 bits per heavy atom. The van der Waals surface area contributed by atoms with E-state index >= 15 is 0 Å². The summed E-state index contributed by atoms with van der Waals surface area (Å²) in [5.74, 6) is 0.427. The van der Waals surface area contributed by atoms with Gasteiger partial charge in [0.05, 0.1) is 10.7 Å².